The molecule has 0 unspecified atom stereocenters. The zero-order valence-electron chi connectivity index (χ0n) is 29.0. The van der Waals surface area contributed by atoms with E-state index in [0.29, 0.717) is 22.8 Å². The van der Waals surface area contributed by atoms with Crippen molar-refractivity contribution in [3.8, 4) is 45.3 Å². The Kier molecular flexibility index (Phi) is 4.25. The van der Waals surface area contributed by atoms with Gasteiger partial charge in [0.2, 0.25) is 0 Å². The highest BCUT2D eigenvalue weighted by molar-refractivity contribution is 6.15. The summed E-state index contributed by atoms with van der Waals surface area (Å²) < 4.78 is 48.9. The molecule has 4 nitrogen and oxygen atoms in total. The van der Waals surface area contributed by atoms with Crippen LogP contribution in [0.5, 0.6) is 0 Å². The maximum atomic E-state index is 8.80. The molecule has 0 fully saturated rings. The van der Waals surface area contributed by atoms with Crippen LogP contribution in [0.15, 0.2) is 132 Å². The van der Waals surface area contributed by atoms with E-state index in [2.05, 4.69) is 44.2 Å². The number of fused-ring (bicyclic) bond motifs is 7. The molecule has 0 saturated carbocycles. The van der Waals surface area contributed by atoms with Gasteiger partial charge >= 0.3 is 0 Å². The minimum atomic E-state index is -0.477. The molecule has 0 aliphatic heterocycles. The topological polar surface area (TPSA) is 51.8 Å². The van der Waals surface area contributed by atoms with E-state index in [4.69, 9.17) is 26.2 Å². The van der Waals surface area contributed by atoms with E-state index in [1.165, 1.54) is 5.56 Å². The normalized spacial score (nSPS) is 15.0. The fourth-order valence-electron chi connectivity index (χ4n) is 6.73. The molecule has 1 aliphatic rings. The molecule has 9 rings (SSSR count). The summed E-state index contributed by atoms with van der Waals surface area (Å²) in [4.78, 5) is 14.9. The van der Waals surface area contributed by atoms with E-state index in [1.807, 2.05) is 66.7 Å². The smallest absolute Gasteiger partial charge is 0.164 e. The summed E-state index contributed by atoms with van der Waals surface area (Å²) in [6, 6.07) is 30.2. The molecule has 6 aromatic carbocycles. The third kappa shape index (κ3) is 3.61. The van der Waals surface area contributed by atoms with Crippen molar-refractivity contribution >= 4 is 32.7 Å². The van der Waals surface area contributed by atoms with Gasteiger partial charge in [-0.1, -0.05) is 123 Å². The van der Waals surface area contributed by atoms with E-state index < -0.39 is 18.1 Å². The summed E-state index contributed by atoms with van der Waals surface area (Å²) in [6.07, 6.45) is 0. The monoisotopic (exact) mass is 570 g/mol. The highest BCUT2D eigenvalue weighted by Crippen LogP contribution is 2.51. The van der Waals surface area contributed by atoms with Crippen LogP contribution in [0.25, 0.3) is 78.0 Å². The summed E-state index contributed by atoms with van der Waals surface area (Å²) in [5.74, 6) is 0.637. The number of aromatic nitrogens is 3. The zero-order chi connectivity index (χ0) is 33.8. The first-order valence-electron chi connectivity index (χ1n) is 17.0. The van der Waals surface area contributed by atoms with Crippen molar-refractivity contribution in [1.82, 2.24) is 15.0 Å². The van der Waals surface area contributed by atoms with Gasteiger partial charge in [-0.05, 0) is 51.2 Å². The first-order valence-corrected chi connectivity index (χ1v) is 14.5. The Morgan fingerprint density at radius 1 is 0.591 bits per heavy atom. The van der Waals surface area contributed by atoms with E-state index in [-0.39, 0.29) is 28.9 Å². The summed E-state index contributed by atoms with van der Waals surface area (Å²) >= 11 is 0. The van der Waals surface area contributed by atoms with Crippen LogP contribution in [-0.4, -0.2) is 15.0 Å². The van der Waals surface area contributed by atoms with Gasteiger partial charge in [-0.2, -0.15) is 0 Å². The fourth-order valence-corrected chi connectivity index (χ4v) is 6.73. The first-order chi connectivity index (χ1) is 23.6. The van der Waals surface area contributed by atoms with Gasteiger partial charge in [0.1, 0.15) is 11.2 Å². The number of hydrogen-bond donors (Lipinski definition) is 0. The van der Waals surface area contributed by atoms with Crippen LogP contribution in [-0.2, 0) is 5.41 Å². The SMILES string of the molecule is [2H]c1c([2H])c([2H])c(-c2nc(-c3cccc4c3-c3ccccc3C4(C)C)nc(-c3cccc4oc5cc6ccccc6cc5c34)n2)c([2H])c1[2H]. The predicted octanol–water partition coefficient (Wildman–Crippen LogP) is 10.2. The van der Waals surface area contributed by atoms with Crippen LogP contribution < -0.4 is 0 Å². The molecule has 0 amide bonds. The number of rotatable bonds is 3. The molecule has 0 atom stereocenters. The molecule has 208 valence electrons. The zero-order valence-corrected chi connectivity index (χ0v) is 24.0. The Hall–Kier alpha value is -5.61. The lowest BCUT2D eigenvalue weighted by Gasteiger charge is -2.21. The van der Waals surface area contributed by atoms with E-state index in [9.17, 15) is 0 Å². The third-order valence-corrected chi connectivity index (χ3v) is 8.81. The van der Waals surface area contributed by atoms with Gasteiger partial charge < -0.3 is 4.42 Å². The molecule has 0 spiro atoms. The minimum Gasteiger partial charge on any atom is -0.456 e. The van der Waals surface area contributed by atoms with Gasteiger partial charge in [0.25, 0.3) is 0 Å². The van der Waals surface area contributed by atoms with E-state index >= 15 is 0 Å². The second-order valence-corrected chi connectivity index (χ2v) is 11.7. The lowest BCUT2D eigenvalue weighted by molar-refractivity contribution is 0.660. The van der Waals surface area contributed by atoms with Gasteiger partial charge in [-0.15, -0.1) is 0 Å². The first kappa shape index (κ1) is 20.3. The molecule has 0 bridgehead atoms. The van der Waals surface area contributed by atoms with Crippen LogP contribution in [0.3, 0.4) is 0 Å². The van der Waals surface area contributed by atoms with Crippen LogP contribution in [0.4, 0.5) is 0 Å². The van der Waals surface area contributed by atoms with E-state index in [0.717, 1.165) is 49.4 Å². The standard InChI is InChI=1S/C40H27N3O/c1-40(2)31-19-9-8-16-27(31)35-28(17-10-20-32(35)40)38-41-37(24-12-4-3-5-13-24)42-39(43-38)29-18-11-21-33-36(29)30-22-25-14-6-7-15-26(25)23-34(30)44-33/h3-23H,1-2H3/i3D,4D,5D,12D,13D. The predicted molar refractivity (Wildman–Crippen MR) is 178 cm³/mol. The average molecular weight is 571 g/mol. The van der Waals surface area contributed by atoms with Crippen LogP contribution >= 0.6 is 0 Å². The van der Waals surface area contributed by atoms with Crippen molar-refractivity contribution < 1.29 is 11.3 Å². The molecule has 8 aromatic rings. The Morgan fingerprint density at radius 2 is 1.23 bits per heavy atom. The molecule has 0 saturated heterocycles. The molecular formula is C40H27N3O. The lowest BCUT2D eigenvalue weighted by atomic mass is 9.82. The highest BCUT2D eigenvalue weighted by atomic mass is 16.3. The molecule has 0 N–H and O–H groups in total. The van der Waals surface area contributed by atoms with Crippen molar-refractivity contribution in [1.29, 1.82) is 0 Å². The number of nitrogens with zero attached hydrogens (tertiary/aromatic N) is 3. The molecule has 2 aromatic heterocycles. The molecule has 4 heteroatoms. The van der Waals surface area contributed by atoms with E-state index in [1.54, 1.807) is 0 Å². The van der Waals surface area contributed by atoms with Gasteiger partial charge in [-0.25, -0.2) is 15.0 Å². The molecule has 1 aliphatic carbocycles. The molecule has 2 heterocycles. The summed E-state index contributed by atoms with van der Waals surface area (Å²) in [7, 11) is 0. The molecule has 44 heavy (non-hydrogen) atoms. The largest absolute Gasteiger partial charge is 0.456 e. The Bertz CT molecular complexity index is 2690. The van der Waals surface area contributed by atoms with Crippen molar-refractivity contribution in [2.45, 2.75) is 19.3 Å². The Balaban J connectivity index is 1.38. The molecule has 0 radical (unpaired) electrons. The Labute approximate surface area is 261 Å². The highest BCUT2D eigenvalue weighted by Gasteiger charge is 2.37. The van der Waals surface area contributed by atoms with Gasteiger partial charge in [0.15, 0.2) is 17.5 Å². The van der Waals surface area contributed by atoms with Gasteiger partial charge in [0.05, 0.1) is 6.85 Å². The summed E-state index contributed by atoms with van der Waals surface area (Å²) in [5.41, 5.74) is 6.89. The fraction of sp³-hybridized carbons (Fsp3) is 0.0750. The number of benzene rings is 6. The van der Waals surface area contributed by atoms with Crippen LogP contribution in [0.2, 0.25) is 0 Å². The van der Waals surface area contributed by atoms with Crippen molar-refractivity contribution in [2.75, 3.05) is 0 Å². The second kappa shape index (κ2) is 9.19. The van der Waals surface area contributed by atoms with Crippen molar-refractivity contribution in [3.63, 3.8) is 0 Å². The third-order valence-electron chi connectivity index (χ3n) is 8.81. The van der Waals surface area contributed by atoms with Crippen molar-refractivity contribution in [3.05, 3.63) is 138 Å². The molecular weight excluding hydrogens is 538 g/mol. The Morgan fingerprint density at radius 3 is 2.07 bits per heavy atom. The second-order valence-electron chi connectivity index (χ2n) is 11.7. The average Bonchev–Trinajstić information content (AvgIpc) is 3.60. The lowest BCUT2D eigenvalue weighted by Crippen LogP contribution is -2.14. The maximum absolute atomic E-state index is 8.80. The minimum absolute atomic E-state index is 0.00426. The van der Waals surface area contributed by atoms with Crippen LogP contribution in [0.1, 0.15) is 31.8 Å². The van der Waals surface area contributed by atoms with Crippen LogP contribution in [0, 0.1) is 0 Å². The van der Waals surface area contributed by atoms with Crippen molar-refractivity contribution in [2.24, 2.45) is 0 Å². The maximum Gasteiger partial charge on any atom is 0.164 e. The summed E-state index contributed by atoms with van der Waals surface area (Å²) in [5, 5.41) is 3.83. The number of furan rings is 1. The number of hydrogen-bond acceptors (Lipinski definition) is 4. The summed E-state index contributed by atoms with van der Waals surface area (Å²) in [6.45, 7) is 4.40. The van der Waals surface area contributed by atoms with Gasteiger partial charge in [-0.3, -0.25) is 0 Å². The van der Waals surface area contributed by atoms with Gasteiger partial charge in [0, 0.05) is 32.9 Å². The quantitative estimate of drug-likeness (QED) is 0.212.